The van der Waals surface area contributed by atoms with Crippen molar-refractivity contribution in [2.75, 3.05) is 0 Å². The molecule has 0 atom stereocenters. The minimum atomic E-state index is -0.325. The summed E-state index contributed by atoms with van der Waals surface area (Å²) in [5.41, 5.74) is 2.31. The van der Waals surface area contributed by atoms with E-state index in [0.29, 0.717) is 5.69 Å². The highest BCUT2D eigenvalue weighted by atomic mass is 16.5. The van der Waals surface area contributed by atoms with Crippen LogP contribution < -0.4 is 0 Å². The Morgan fingerprint density at radius 1 is 1.11 bits per heavy atom. The van der Waals surface area contributed by atoms with E-state index in [1.54, 1.807) is 10.6 Å². The standard InChI is InChI=1S/C15H15NO3/c1-11(17)14-8-5-9-16(14)15-7-4-3-6-13(15)10-19-12(2)18/h3-9H,10H2,1-2H3. The van der Waals surface area contributed by atoms with E-state index in [1.165, 1.54) is 13.8 Å². The second-order valence-electron chi connectivity index (χ2n) is 4.23. The molecule has 0 aliphatic carbocycles. The van der Waals surface area contributed by atoms with Gasteiger partial charge in [-0.05, 0) is 18.2 Å². The molecule has 0 saturated carbocycles. The third-order valence-electron chi connectivity index (χ3n) is 2.79. The Morgan fingerprint density at radius 2 is 1.84 bits per heavy atom. The van der Waals surface area contributed by atoms with Crippen LogP contribution in [0, 0.1) is 0 Å². The highest BCUT2D eigenvalue weighted by molar-refractivity contribution is 5.93. The largest absolute Gasteiger partial charge is 0.461 e. The molecule has 0 unspecified atom stereocenters. The molecule has 2 aromatic rings. The lowest BCUT2D eigenvalue weighted by Crippen LogP contribution is -2.07. The first kappa shape index (κ1) is 13.1. The van der Waals surface area contributed by atoms with Crippen molar-refractivity contribution in [3.63, 3.8) is 0 Å². The molecule has 0 N–H and O–H groups in total. The van der Waals surface area contributed by atoms with Crippen molar-refractivity contribution in [1.29, 1.82) is 0 Å². The summed E-state index contributed by atoms with van der Waals surface area (Å²) in [6.07, 6.45) is 1.82. The molecular formula is C15H15NO3. The molecule has 1 heterocycles. The van der Waals surface area contributed by atoms with Crippen LogP contribution in [0.1, 0.15) is 29.9 Å². The van der Waals surface area contributed by atoms with E-state index in [-0.39, 0.29) is 18.4 Å². The molecule has 0 saturated heterocycles. The Kier molecular flexibility index (Phi) is 3.80. The van der Waals surface area contributed by atoms with Crippen molar-refractivity contribution < 1.29 is 14.3 Å². The van der Waals surface area contributed by atoms with Gasteiger partial charge < -0.3 is 9.30 Å². The zero-order valence-corrected chi connectivity index (χ0v) is 10.9. The number of carbonyl (C=O) groups is 2. The molecule has 0 aliphatic rings. The summed E-state index contributed by atoms with van der Waals surface area (Å²) >= 11 is 0. The minimum absolute atomic E-state index is 0.00714. The van der Waals surface area contributed by atoms with Gasteiger partial charge in [-0.15, -0.1) is 0 Å². The van der Waals surface area contributed by atoms with Gasteiger partial charge in [-0.1, -0.05) is 18.2 Å². The van der Waals surface area contributed by atoms with Crippen LogP contribution in [-0.2, 0) is 16.1 Å². The summed E-state index contributed by atoms with van der Waals surface area (Å²) in [5, 5.41) is 0. The summed E-state index contributed by atoms with van der Waals surface area (Å²) in [6.45, 7) is 3.10. The molecule has 0 spiro atoms. The molecule has 1 aromatic heterocycles. The third-order valence-corrected chi connectivity index (χ3v) is 2.79. The van der Waals surface area contributed by atoms with Gasteiger partial charge >= 0.3 is 5.97 Å². The number of ketones is 1. The van der Waals surface area contributed by atoms with Gasteiger partial charge in [0.05, 0.1) is 11.4 Å². The number of ether oxygens (including phenoxy) is 1. The number of carbonyl (C=O) groups excluding carboxylic acids is 2. The summed E-state index contributed by atoms with van der Waals surface area (Å²) < 4.78 is 6.84. The van der Waals surface area contributed by atoms with Crippen LogP contribution in [0.15, 0.2) is 42.6 Å². The van der Waals surface area contributed by atoms with E-state index in [4.69, 9.17) is 4.74 Å². The Balaban J connectivity index is 2.41. The van der Waals surface area contributed by atoms with E-state index >= 15 is 0 Å². The Labute approximate surface area is 111 Å². The quantitative estimate of drug-likeness (QED) is 0.625. The number of benzene rings is 1. The molecule has 0 fully saturated rings. The fraction of sp³-hybridized carbons (Fsp3) is 0.200. The maximum absolute atomic E-state index is 11.6. The van der Waals surface area contributed by atoms with Crippen LogP contribution in [0.2, 0.25) is 0 Å². The molecular weight excluding hydrogens is 242 g/mol. The zero-order chi connectivity index (χ0) is 13.8. The van der Waals surface area contributed by atoms with Crippen molar-refractivity contribution >= 4 is 11.8 Å². The lowest BCUT2D eigenvalue weighted by atomic mass is 10.1. The molecule has 2 rings (SSSR count). The van der Waals surface area contributed by atoms with Gasteiger partial charge in [-0.2, -0.15) is 0 Å². The fourth-order valence-electron chi connectivity index (χ4n) is 1.93. The highest BCUT2D eigenvalue weighted by Gasteiger charge is 2.11. The molecule has 4 nitrogen and oxygen atoms in total. The van der Waals surface area contributed by atoms with E-state index in [0.717, 1.165) is 11.3 Å². The van der Waals surface area contributed by atoms with Crippen LogP contribution in [-0.4, -0.2) is 16.3 Å². The van der Waals surface area contributed by atoms with E-state index in [2.05, 4.69) is 0 Å². The monoisotopic (exact) mass is 257 g/mol. The van der Waals surface area contributed by atoms with Gasteiger partial charge in [0, 0.05) is 25.6 Å². The fourth-order valence-corrected chi connectivity index (χ4v) is 1.93. The molecule has 0 radical (unpaired) electrons. The van der Waals surface area contributed by atoms with E-state index in [9.17, 15) is 9.59 Å². The molecule has 19 heavy (non-hydrogen) atoms. The molecule has 0 aliphatic heterocycles. The number of Topliss-reactive ketones (excluding diaryl/α,β-unsaturated/α-hetero) is 1. The Hall–Kier alpha value is -2.36. The number of aromatic nitrogens is 1. The summed E-state index contributed by atoms with van der Waals surface area (Å²) in [4.78, 5) is 22.5. The van der Waals surface area contributed by atoms with Crippen LogP contribution in [0.3, 0.4) is 0 Å². The molecule has 0 bridgehead atoms. The van der Waals surface area contributed by atoms with Crippen molar-refractivity contribution in [2.24, 2.45) is 0 Å². The molecule has 0 amide bonds. The summed E-state index contributed by atoms with van der Waals surface area (Å²) in [7, 11) is 0. The second kappa shape index (κ2) is 5.52. The summed E-state index contributed by atoms with van der Waals surface area (Å²) in [5.74, 6) is -0.332. The Morgan fingerprint density at radius 3 is 2.53 bits per heavy atom. The van der Waals surface area contributed by atoms with Crippen LogP contribution >= 0.6 is 0 Å². The SMILES string of the molecule is CC(=O)OCc1ccccc1-n1cccc1C(C)=O. The number of esters is 1. The number of hydrogen-bond donors (Lipinski definition) is 0. The van der Waals surface area contributed by atoms with E-state index in [1.807, 2.05) is 36.5 Å². The van der Waals surface area contributed by atoms with Crippen molar-refractivity contribution in [3.8, 4) is 5.69 Å². The maximum Gasteiger partial charge on any atom is 0.302 e. The first-order valence-corrected chi connectivity index (χ1v) is 5.99. The van der Waals surface area contributed by atoms with Crippen LogP contribution in [0.5, 0.6) is 0 Å². The van der Waals surface area contributed by atoms with Crippen molar-refractivity contribution in [1.82, 2.24) is 4.57 Å². The number of hydrogen-bond acceptors (Lipinski definition) is 3. The second-order valence-corrected chi connectivity index (χ2v) is 4.23. The van der Waals surface area contributed by atoms with Crippen molar-refractivity contribution in [2.45, 2.75) is 20.5 Å². The maximum atomic E-state index is 11.6. The normalized spacial score (nSPS) is 10.2. The minimum Gasteiger partial charge on any atom is -0.461 e. The van der Waals surface area contributed by atoms with Gasteiger partial charge in [0.15, 0.2) is 5.78 Å². The van der Waals surface area contributed by atoms with Gasteiger partial charge in [0.2, 0.25) is 0 Å². The molecule has 4 heteroatoms. The lowest BCUT2D eigenvalue weighted by Gasteiger charge is -2.12. The van der Waals surface area contributed by atoms with Gasteiger partial charge in [0.25, 0.3) is 0 Å². The molecule has 1 aromatic carbocycles. The number of nitrogens with zero attached hydrogens (tertiary/aromatic N) is 1. The lowest BCUT2D eigenvalue weighted by molar-refractivity contribution is -0.142. The first-order chi connectivity index (χ1) is 9.09. The Bertz CT molecular complexity index is 613. The zero-order valence-electron chi connectivity index (χ0n) is 10.9. The van der Waals surface area contributed by atoms with Crippen molar-refractivity contribution in [3.05, 3.63) is 53.9 Å². The van der Waals surface area contributed by atoms with Gasteiger partial charge in [-0.25, -0.2) is 0 Å². The van der Waals surface area contributed by atoms with Crippen LogP contribution in [0.4, 0.5) is 0 Å². The molecule has 98 valence electrons. The smallest absolute Gasteiger partial charge is 0.302 e. The average Bonchev–Trinajstić information content (AvgIpc) is 2.85. The number of rotatable bonds is 4. The third kappa shape index (κ3) is 2.91. The van der Waals surface area contributed by atoms with Crippen LogP contribution in [0.25, 0.3) is 5.69 Å². The highest BCUT2D eigenvalue weighted by Crippen LogP contribution is 2.19. The van der Waals surface area contributed by atoms with Gasteiger partial charge in [-0.3, -0.25) is 9.59 Å². The predicted molar refractivity (Wildman–Crippen MR) is 71.2 cm³/mol. The average molecular weight is 257 g/mol. The van der Waals surface area contributed by atoms with E-state index < -0.39 is 0 Å². The first-order valence-electron chi connectivity index (χ1n) is 5.99. The van der Waals surface area contributed by atoms with Gasteiger partial charge in [0.1, 0.15) is 6.61 Å². The predicted octanol–water partition coefficient (Wildman–Crippen LogP) is 2.74. The summed E-state index contributed by atoms with van der Waals surface area (Å²) in [6, 6.07) is 11.1. The number of para-hydroxylation sites is 1. The topological polar surface area (TPSA) is 48.3 Å².